The number of amides is 1. The van der Waals surface area contributed by atoms with Crippen molar-refractivity contribution in [3.63, 3.8) is 0 Å². The predicted octanol–water partition coefficient (Wildman–Crippen LogP) is 3.42. The number of aliphatic hydroxyl groups excluding tert-OH is 1. The Hall–Kier alpha value is -2.00. The van der Waals surface area contributed by atoms with Gasteiger partial charge in [-0.3, -0.25) is 4.79 Å². The fraction of sp³-hybridized carbons (Fsp3) is 0.176. The van der Waals surface area contributed by atoms with Crippen LogP contribution in [-0.2, 0) is 0 Å². The third-order valence-electron chi connectivity index (χ3n) is 3.16. The van der Waals surface area contributed by atoms with Crippen LogP contribution in [0.25, 0.3) is 0 Å². The topological polar surface area (TPSA) is 73.1 Å². The molecule has 0 aliphatic heterocycles. The molecule has 0 radical (unpaired) electrons. The van der Waals surface area contributed by atoms with Crippen molar-refractivity contribution < 1.29 is 9.90 Å². The molecule has 2 aromatic rings. The van der Waals surface area contributed by atoms with Gasteiger partial charge in [0, 0.05) is 15.5 Å². The number of aliphatic hydroxyl groups is 1. The van der Waals surface area contributed by atoms with Gasteiger partial charge in [-0.15, -0.1) is 11.8 Å². The molecule has 23 heavy (non-hydrogen) atoms. The molecular weight excluding hydrogens is 332 g/mol. The first-order chi connectivity index (χ1) is 11.1. The van der Waals surface area contributed by atoms with Crippen molar-refractivity contribution >= 4 is 29.3 Å². The van der Waals surface area contributed by atoms with Crippen LogP contribution in [0.4, 0.5) is 0 Å². The molecule has 0 aliphatic rings. The van der Waals surface area contributed by atoms with Crippen LogP contribution in [0.5, 0.6) is 0 Å². The van der Waals surface area contributed by atoms with Crippen LogP contribution < -0.4 is 5.32 Å². The molecule has 2 rings (SSSR count). The summed E-state index contributed by atoms with van der Waals surface area (Å²) in [6.07, 6.45) is 0. The van der Waals surface area contributed by atoms with Crippen LogP contribution in [0.3, 0.4) is 0 Å². The molecule has 1 amide bonds. The first-order valence-electron chi connectivity index (χ1n) is 6.91. The van der Waals surface area contributed by atoms with E-state index in [-0.39, 0.29) is 12.5 Å². The van der Waals surface area contributed by atoms with E-state index in [1.165, 1.54) is 11.8 Å². The number of thioether (sulfide) groups is 1. The van der Waals surface area contributed by atoms with Crippen LogP contribution >= 0.6 is 23.4 Å². The van der Waals surface area contributed by atoms with Gasteiger partial charge in [0.1, 0.15) is 0 Å². The summed E-state index contributed by atoms with van der Waals surface area (Å²) < 4.78 is 0. The highest BCUT2D eigenvalue weighted by atomic mass is 35.5. The maximum absolute atomic E-state index is 12.4. The molecule has 0 saturated carbocycles. The van der Waals surface area contributed by atoms with E-state index in [1.54, 1.807) is 42.5 Å². The highest BCUT2D eigenvalue weighted by Gasteiger charge is 2.15. The van der Waals surface area contributed by atoms with Gasteiger partial charge in [0.15, 0.2) is 0 Å². The Balaban J connectivity index is 2.10. The third kappa shape index (κ3) is 5.00. The fourth-order valence-corrected chi connectivity index (χ4v) is 2.76. The predicted molar refractivity (Wildman–Crippen MR) is 91.5 cm³/mol. The van der Waals surface area contributed by atoms with Crippen molar-refractivity contribution in [2.24, 2.45) is 0 Å². The molecule has 0 aromatic heterocycles. The molecule has 0 bridgehead atoms. The summed E-state index contributed by atoms with van der Waals surface area (Å²) in [5, 5.41) is 21.5. The Morgan fingerprint density at radius 1 is 1.30 bits per heavy atom. The van der Waals surface area contributed by atoms with Crippen molar-refractivity contribution in [1.29, 1.82) is 5.26 Å². The minimum Gasteiger partial charge on any atom is -0.394 e. The minimum atomic E-state index is -0.504. The van der Waals surface area contributed by atoms with Crippen LogP contribution in [0, 0.1) is 11.3 Å². The molecular formula is C17H15ClN2O2S. The van der Waals surface area contributed by atoms with E-state index in [0.717, 1.165) is 10.5 Å². The van der Waals surface area contributed by atoms with Crippen LogP contribution in [0.1, 0.15) is 22.0 Å². The van der Waals surface area contributed by atoms with Gasteiger partial charge in [0.25, 0.3) is 5.91 Å². The standard InChI is InChI=1S/C17H15ClN2O2S/c18-14-6-4-12(5-7-14)16(11-21)20-17(22)13-2-1-3-15(10-13)23-9-8-19/h1-7,10,16,21H,9,11H2,(H,20,22). The summed E-state index contributed by atoms with van der Waals surface area (Å²) in [4.78, 5) is 13.2. The molecule has 0 spiro atoms. The van der Waals surface area contributed by atoms with E-state index in [9.17, 15) is 9.90 Å². The molecule has 0 fully saturated rings. The van der Waals surface area contributed by atoms with Crippen LogP contribution in [0.15, 0.2) is 53.4 Å². The Morgan fingerprint density at radius 3 is 2.70 bits per heavy atom. The van der Waals surface area contributed by atoms with Crippen molar-refractivity contribution in [2.75, 3.05) is 12.4 Å². The van der Waals surface area contributed by atoms with Crippen LogP contribution in [0.2, 0.25) is 5.02 Å². The van der Waals surface area contributed by atoms with E-state index >= 15 is 0 Å². The molecule has 0 heterocycles. The van der Waals surface area contributed by atoms with E-state index in [1.807, 2.05) is 6.07 Å². The van der Waals surface area contributed by atoms with Crippen molar-refractivity contribution in [3.8, 4) is 6.07 Å². The quantitative estimate of drug-likeness (QED) is 0.786. The number of rotatable bonds is 6. The number of halogens is 1. The van der Waals surface area contributed by atoms with Crippen molar-refractivity contribution in [3.05, 3.63) is 64.7 Å². The maximum Gasteiger partial charge on any atom is 0.251 e. The van der Waals surface area contributed by atoms with E-state index in [4.69, 9.17) is 16.9 Å². The molecule has 2 N–H and O–H groups in total. The van der Waals surface area contributed by atoms with E-state index in [2.05, 4.69) is 11.4 Å². The molecule has 6 heteroatoms. The summed E-state index contributed by atoms with van der Waals surface area (Å²) in [7, 11) is 0. The van der Waals surface area contributed by atoms with Crippen molar-refractivity contribution in [2.45, 2.75) is 10.9 Å². The highest BCUT2D eigenvalue weighted by molar-refractivity contribution is 7.99. The average molecular weight is 347 g/mol. The monoisotopic (exact) mass is 346 g/mol. The first-order valence-corrected chi connectivity index (χ1v) is 8.27. The van der Waals surface area contributed by atoms with Crippen LogP contribution in [-0.4, -0.2) is 23.4 Å². The number of carbonyl (C=O) groups is 1. The SMILES string of the molecule is N#CCSc1cccc(C(=O)NC(CO)c2ccc(Cl)cc2)c1. The second-order valence-electron chi connectivity index (χ2n) is 4.73. The first kappa shape index (κ1) is 17.4. The van der Waals surface area contributed by atoms with E-state index in [0.29, 0.717) is 16.3 Å². The Morgan fingerprint density at radius 2 is 2.04 bits per heavy atom. The number of hydrogen-bond acceptors (Lipinski definition) is 4. The Labute approximate surface area is 144 Å². The summed E-state index contributed by atoms with van der Waals surface area (Å²) in [5.41, 5.74) is 1.26. The molecule has 2 aromatic carbocycles. The molecule has 1 atom stereocenters. The zero-order valence-electron chi connectivity index (χ0n) is 12.2. The van der Waals surface area contributed by atoms with Gasteiger partial charge < -0.3 is 10.4 Å². The van der Waals surface area contributed by atoms with E-state index < -0.39 is 6.04 Å². The lowest BCUT2D eigenvalue weighted by Gasteiger charge is -2.17. The smallest absolute Gasteiger partial charge is 0.251 e. The van der Waals surface area contributed by atoms with Gasteiger partial charge in [-0.2, -0.15) is 5.26 Å². The molecule has 1 unspecified atom stereocenters. The second-order valence-corrected chi connectivity index (χ2v) is 6.22. The van der Waals surface area contributed by atoms with Gasteiger partial charge in [-0.05, 0) is 35.9 Å². The van der Waals surface area contributed by atoms with Gasteiger partial charge in [0.2, 0.25) is 0 Å². The lowest BCUT2D eigenvalue weighted by molar-refractivity contribution is 0.0916. The number of nitriles is 1. The molecule has 0 aliphatic carbocycles. The molecule has 4 nitrogen and oxygen atoms in total. The third-order valence-corrected chi connectivity index (χ3v) is 4.27. The molecule has 118 valence electrons. The van der Waals surface area contributed by atoms with Gasteiger partial charge in [0.05, 0.1) is 24.5 Å². The number of nitrogens with one attached hydrogen (secondary N) is 1. The fourth-order valence-electron chi connectivity index (χ4n) is 2.01. The summed E-state index contributed by atoms with van der Waals surface area (Å²) in [5.74, 6) is 0.0492. The van der Waals surface area contributed by atoms with Gasteiger partial charge in [-0.1, -0.05) is 29.8 Å². The molecule has 0 saturated heterocycles. The van der Waals surface area contributed by atoms with Gasteiger partial charge in [-0.25, -0.2) is 0 Å². The largest absolute Gasteiger partial charge is 0.394 e. The lowest BCUT2D eigenvalue weighted by Crippen LogP contribution is -2.30. The Kier molecular flexibility index (Phi) is 6.48. The maximum atomic E-state index is 12.4. The summed E-state index contributed by atoms with van der Waals surface area (Å²) in [6.45, 7) is -0.212. The zero-order chi connectivity index (χ0) is 16.7. The zero-order valence-corrected chi connectivity index (χ0v) is 13.8. The number of carbonyl (C=O) groups excluding carboxylic acids is 1. The lowest BCUT2D eigenvalue weighted by atomic mass is 10.1. The average Bonchev–Trinajstić information content (AvgIpc) is 2.58. The number of benzene rings is 2. The second kappa shape index (κ2) is 8.59. The van der Waals surface area contributed by atoms with Gasteiger partial charge >= 0.3 is 0 Å². The minimum absolute atomic E-state index is 0.212. The summed E-state index contributed by atoms with van der Waals surface area (Å²) in [6, 6.07) is 15.5. The highest BCUT2D eigenvalue weighted by Crippen LogP contribution is 2.20. The van der Waals surface area contributed by atoms with Crippen molar-refractivity contribution in [1.82, 2.24) is 5.32 Å². The number of hydrogen-bond donors (Lipinski definition) is 2. The number of nitrogens with zero attached hydrogens (tertiary/aromatic N) is 1. The summed E-state index contributed by atoms with van der Waals surface area (Å²) >= 11 is 7.21. The normalized spacial score (nSPS) is 11.5. The Bertz CT molecular complexity index is 713.